The molecule has 0 aliphatic heterocycles. The molecule has 0 bridgehead atoms. The number of carbonyl (C=O) groups is 3. The van der Waals surface area contributed by atoms with Gasteiger partial charge in [-0.2, -0.15) is 0 Å². The summed E-state index contributed by atoms with van der Waals surface area (Å²) in [6, 6.07) is 8.93. The fraction of sp³-hybridized carbons (Fsp3) is 0.471. The monoisotopic (exact) mass is 319 g/mol. The molecule has 0 aliphatic carbocycles. The number of hydrogen-bond donors (Lipinski definition) is 2. The maximum absolute atomic E-state index is 12.3. The average molecular weight is 319 g/mol. The van der Waals surface area contributed by atoms with Crippen molar-refractivity contribution in [3.05, 3.63) is 35.9 Å². The summed E-state index contributed by atoms with van der Waals surface area (Å²) >= 11 is 0. The topological polar surface area (TPSA) is 78.5 Å². The highest BCUT2D eigenvalue weighted by Crippen LogP contribution is 2.17. The molecule has 0 radical (unpaired) electrons. The molecule has 0 unspecified atom stereocenters. The van der Waals surface area contributed by atoms with Crippen molar-refractivity contribution >= 4 is 17.7 Å². The van der Waals surface area contributed by atoms with Crippen LogP contribution in [0.15, 0.2) is 30.3 Å². The second kappa shape index (κ2) is 8.92. The minimum atomic E-state index is -0.406. The molecule has 0 saturated heterocycles. The predicted octanol–water partition coefficient (Wildman–Crippen LogP) is 1.24. The Kier molecular flexibility index (Phi) is 7.25. The van der Waals surface area contributed by atoms with Gasteiger partial charge in [0.25, 0.3) is 0 Å². The van der Waals surface area contributed by atoms with E-state index in [1.165, 1.54) is 11.8 Å². The van der Waals surface area contributed by atoms with Crippen LogP contribution in [0.3, 0.4) is 0 Å². The van der Waals surface area contributed by atoms with Crippen molar-refractivity contribution in [3.8, 4) is 0 Å². The summed E-state index contributed by atoms with van der Waals surface area (Å²) in [5, 5.41) is 5.52. The molecule has 0 heterocycles. The van der Waals surface area contributed by atoms with Crippen molar-refractivity contribution < 1.29 is 14.4 Å². The van der Waals surface area contributed by atoms with E-state index in [0.29, 0.717) is 0 Å². The van der Waals surface area contributed by atoms with Gasteiger partial charge in [0.2, 0.25) is 17.7 Å². The minimum absolute atomic E-state index is 0.00139. The van der Waals surface area contributed by atoms with Crippen molar-refractivity contribution in [2.75, 3.05) is 13.6 Å². The number of rotatable bonds is 7. The lowest BCUT2D eigenvalue weighted by Gasteiger charge is -2.22. The molecule has 6 heteroatoms. The van der Waals surface area contributed by atoms with E-state index in [1.807, 2.05) is 44.2 Å². The number of nitrogens with zero attached hydrogens (tertiary/aromatic N) is 1. The van der Waals surface area contributed by atoms with Gasteiger partial charge < -0.3 is 15.5 Å². The number of nitrogens with one attached hydrogen (secondary N) is 2. The van der Waals surface area contributed by atoms with E-state index in [0.717, 1.165) is 5.56 Å². The molecule has 3 amide bonds. The third-order valence-electron chi connectivity index (χ3n) is 3.21. The zero-order valence-corrected chi connectivity index (χ0v) is 14.1. The lowest BCUT2D eigenvalue weighted by Crippen LogP contribution is -2.42. The summed E-state index contributed by atoms with van der Waals surface area (Å²) in [5.74, 6) is -0.606. The van der Waals surface area contributed by atoms with E-state index in [-0.39, 0.29) is 36.7 Å². The quantitative estimate of drug-likeness (QED) is 0.793. The highest BCUT2D eigenvalue weighted by atomic mass is 16.2. The van der Waals surface area contributed by atoms with Crippen LogP contribution >= 0.6 is 0 Å². The highest BCUT2D eigenvalue weighted by molar-refractivity contribution is 5.85. The Labute approximate surface area is 137 Å². The first-order chi connectivity index (χ1) is 10.8. The number of hydrogen-bond acceptors (Lipinski definition) is 3. The Balaban J connectivity index is 2.69. The largest absolute Gasteiger partial charge is 0.352 e. The molecule has 2 N–H and O–H groups in total. The number of likely N-dealkylation sites (N-methyl/N-ethyl adjacent to an activating group) is 1. The van der Waals surface area contributed by atoms with Crippen molar-refractivity contribution in [2.24, 2.45) is 0 Å². The van der Waals surface area contributed by atoms with Gasteiger partial charge in [0.05, 0.1) is 19.0 Å². The van der Waals surface area contributed by atoms with Gasteiger partial charge in [-0.25, -0.2) is 0 Å². The highest BCUT2D eigenvalue weighted by Gasteiger charge is 2.20. The number of amides is 3. The van der Waals surface area contributed by atoms with E-state index >= 15 is 0 Å². The molecule has 0 spiro atoms. The number of benzene rings is 1. The van der Waals surface area contributed by atoms with Gasteiger partial charge in [-0.05, 0) is 19.4 Å². The first-order valence-corrected chi connectivity index (χ1v) is 7.65. The van der Waals surface area contributed by atoms with Gasteiger partial charge in [-0.3, -0.25) is 14.4 Å². The van der Waals surface area contributed by atoms with Crippen molar-refractivity contribution in [1.29, 1.82) is 0 Å². The second-order valence-electron chi connectivity index (χ2n) is 5.84. The van der Waals surface area contributed by atoms with Crippen LogP contribution in [0.1, 0.15) is 38.8 Å². The Bertz CT molecular complexity index is 543. The Morgan fingerprint density at radius 1 is 1.09 bits per heavy atom. The van der Waals surface area contributed by atoms with Crippen LogP contribution in [0.25, 0.3) is 0 Å². The summed E-state index contributed by atoms with van der Waals surface area (Å²) in [7, 11) is 1.58. The zero-order chi connectivity index (χ0) is 17.4. The summed E-state index contributed by atoms with van der Waals surface area (Å²) in [6.45, 7) is 5.14. The average Bonchev–Trinajstić information content (AvgIpc) is 2.45. The standard InChI is InChI=1S/C17H25N3O3/c1-12(2)18-16(22)11-20(4)17(23)10-15(19-13(3)21)14-8-6-5-7-9-14/h5-9,12,15H,10-11H2,1-4H3,(H,18,22)(H,19,21)/t15-/m1/s1. The molecule has 23 heavy (non-hydrogen) atoms. The molecule has 0 aliphatic rings. The molecule has 0 fully saturated rings. The lowest BCUT2D eigenvalue weighted by atomic mass is 10.0. The van der Waals surface area contributed by atoms with Gasteiger partial charge >= 0.3 is 0 Å². The number of carbonyl (C=O) groups excluding carboxylic acids is 3. The lowest BCUT2D eigenvalue weighted by molar-refractivity contribution is -0.135. The maximum Gasteiger partial charge on any atom is 0.239 e. The Hall–Kier alpha value is -2.37. The molecule has 6 nitrogen and oxygen atoms in total. The fourth-order valence-electron chi connectivity index (χ4n) is 2.18. The molecule has 1 rings (SSSR count). The second-order valence-corrected chi connectivity index (χ2v) is 5.84. The normalized spacial score (nSPS) is 11.7. The van der Waals surface area contributed by atoms with E-state index in [4.69, 9.17) is 0 Å². The van der Waals surface area contributed by atoms with Crippen LogP contribution in [0.4, 0.5) is 0 Å². The predicted molar refractivity (Wildman–Crippen MR) is 88.5 cm³/mol. The Morgan fingerprint density at radius 2 is 1.70 bits per heavy atom. The van der Waals surface area contributed by atoms with Crippen LogP contribution in [0.5, 0.6) is 0 Å². The van der Waals surface area contributed by atoms with Gasteiger partial charge in [0.15, 0.2) is 0 Å². The van der Waals surface area contributed by atoms with Crippen LogP contribution in [0.2, 0.25) is 0 Å². The summed E-state index contributed by atoms with van der Waals surface area (Å²) in [4.78, 5) is 36.8. The van der Waals surface area contributed by atoms with Crippen LogP contribution < -0.4 is 10.6 Å². The summed E-state index contributed by atoms with van der Waals surface area (Å²) in [5.41, 5.74) is 0.857. The first-order valence-electron chi connectivity index (χ1n) is 7.65. The molecule has 1 atom stereocenters. The van der Waals surface area contributed by atoms with Crippen LogP contribution in [-0.4, -0.2) is 42.3 Å². The van der Waals surface area contributed by atoms with E-state index in [1.54, 1.807) is 7.05 Å². The molecular weight excluding hydrogens is 294 g/mol. The van der Waals surface area contributed by atoms with E-state index in [9.17, 15) is 14.4 Å². The summed E-state index contributed by atoms with van der Waals surface area (Å²) < 4.78 is 0. The first kappa shape index (κ1) is 18.7. The molecule has 1 aromatic carbocycles. The smallest absolute Gasteiger partial charge is 0.239 e. The summed E-state index contributed by atoms with van der Waals surface area (Å²) in [6.07, 6.45) is 0.106. The molecule has 0 saturated carbocycles. The molecular formula is C17H25N3O3. The molecule has 126 valence electrons. The van der Waals surface area contributed by atoms with Gasteiger partial charge in [0, 0.05) is 20.0 Å². The molecule has 1 aromatic rings. The molecule has 0 aromatic heterocycles. The van der Waals surface area contributed by atoms with Crippen molar-refractivity contribution in [2.45, 2.75) is 39.3 Å². The van der Waals surface area contributed by atoms with Crippen molar-refractivity contribution in [1.82, 2.24) is 15.5 Å². The SMILES string of the molecule is CC(=O)N[C@H](CC(=O)N(C)CC(=O)NC(C)C)c1ccccc1. The third kappa shape index (κ3) is 6.95. The minimum Gasteiger partial charge on any atom is -0.352 e. The van der Waals surface area contributed by atoms with Gasteiger partial charge in [-0.1, -0.05) is 30.3 Å². The van der Waals surface area contributed by atoms with Crippen molar-refractivity contribution in [3.63, 3.8) is 0 Å². The fourth-order valence-corrected chi connectivity index (χ4v) is 2.18. The zero-order valence-electron chi connectivity index (χ0n) is 14.1. The Morgan fingerprint density at radius 3 is 2.22 bits per heavy atom. The maximum atomic E-state index is 12.3. The van der Waals surface area contributed by atoms with Gasteiger partial charge in [0.1, 0.15) is 0 Å². The third-order valence-corrected chi connectivity index (χ3v) is 3.21. The van der Waals surface area contributed by atoms with Crippen LogP contribution in [-0.2, 0) is 14.4 Å². The van der Waals surface area contributed by atoms with Gasteiger partial charge in [-0.15, -0.1) is 0 Å². The van der Waals surface area contributed by atoms with E-state index < -0.39 is 6.04 Å². The van der Waals surface area contributed by atoms with E-state index in [2.05, 4.69) is 10.6 Å². The van der Waals surface area contributed by atoms with Crippen LogP contribution in [0, 0.1) is 0 Å².